The Kier molecular flexibility index (Phi) is 12.1. The minimum Gasteiger partial charge on any atom is -0.310 e. The molecule has 0 saturated carbocycles. The van der Waals surface area contributed by atoms with Crippen LogP contribution in [0.1, 0.15) is 0 Å². The molecule has 0 amide bonds. The van der Waals surface area contributed by atoms with Crippen molar-refractivity contribution in [1.82, 2.24) is 0 Å². The van der Waals surface area contributed by atoms with E-state index in [-0.39, 0.29) is 0 Å². The molecule has 0 heterocycles. The maximum Gasteiger partial charge on any atom is 0.0468 e. The number of benzene rings is 13. The molecular formula is C70H50N2. The second-order valence-corrected chi connectivity index (χ2v) is 18.0. The number of hydrogen-bond acceptors (Lipinski definition) is 2. The zero-order chi connectivity index (χ0) is 48.1. The molecule has 0 saturated heterocycles. The highest BCUT2D eigenvalue weighted by atomic mass is 15.1. The fourth-order valence-electron chi connectivity index (χ4n) is 10.4. The minimum atomic E-state index is 1.09. The van der Waals surface area contributed by atoms with Gasteiger partial charge in [-0.1, -0.05) is 231 Å². The van der Waals surface area contributed by atoms with E-state index in [1.807, 2.05) is 36.4 Å². The van der Waals surface area contributed by atoms with Crippen molar-refractivity contribution in [3.05, 3.63) is 303 Å². The molecule has 0 unspecified atom stereocenters. The largest absolute Gasteiger partial charge is 0.310 e. The Morgan fingerprint density at radius 2 is 0.486 bits per heavy atom. The van der Waals surface area contributed by atoms with Gasteiger partial charge >= 0.3 is 0 Å². The van der Waals surface area contributed by atoms with Crippen molar-refractivity contribution in [3.63, 3.8) is 0 Å². The van der Waals surface area contributed by atoms with Gasteiger partial charge in [0.25, 0.3) is 0 Å². The molecule has 0 atom stereocenters. The maximum absolute atomic E-state index is 2.44. The molecule has 0 fully saturated rings. The zero-order valence-corrected chi connectivity index (χ0v) is 39.8. The van der Waals surface area contributed by atoms with Gasteiger partial charge in [-0.25, -0.2) is 0 Å². The van der Waals surface area contributed by atoms with E-state index in [1.54, 1.807) is 0 Å². The topological polar surface area (TPSA) is 6.48 Å². The van der Waals surface area contributed by atoms with E-state index in [2.05, 4.69) is 277 Å². The van der Waals surface area contributed by atoms with Crippen LogP contribution in [0.2, 0.25) is 0 Å². The summed E-state index contributed by atoms with van der Waals surface area (Å²) in [6, 6.07) is 109. The van der Waals surface area contributed by atoms with Gasteiger partial charge in [0.2, 0.25) is 0 Å². The van der Waals surface area contributed by atoms with Gasteiger partial charge in [0.15, 0.2) is 0 Å². The van der Waals surface area contributed by atoms with E-state index in [1.165, 1.54) is 76.5 Å². The van der Waals surface area contributed by atoms with Crippen molar-refractivity contribution in [2.45, 2.75) is 0 Å². The van der Waals surface area contributed by atoms with Crippen molar-refractivity contribution < 1.29 is 0 Å². The summed E-state index contributed by atoms with van der Waals surface area (Å²) in [7, 11) is 0. The van der Waals surface area contributed by atoms with Crippen molar-refractivity contribution >= 4 is 77.2 Å². The maximum atomic E-state index is 2.44. The average Bonchev–Trinajstić information content (AvgIpc) is 3.46. The second kappa shape index (κ2) is 19.8. The van der Waals surface area contributed by atoms with Gasteiger partial charge in [0.05, 0.1) is 0 Å². The highest BCUT2D eigenvalue weighted by Crippen LogP contribution is 2.50. The van der Waals surface area contributed by atoms with Crippen molar-refractivity contribution in [2.24, 2.45) is 0 Å². The number of para-hydroxylation sites is 3. The molecule has 0 aliphatic rings. The fraction of sp³-hybridized carbons (Fsp3) is 0. The average molecular weight is 919 g/mol. The zero-order valence-electron chi connectivity index (χ0n) is 39.8. The van der Waals surface area contributed by atoms with E-state index in [4.69, 9.17) is 0 Å². The highest BCUT2D eigenvalue weighted by molar-refractivity contribution is 6.26. The number of anilines is 6. The third kappa shape index (κ3) is 8.53. The van der Waals surface area contributed by atoms with E-state index in [0.717, 1.165) is 34.1 Å². The molecule has 0 radical (unpaired) electrons. The molecular weight excluding hydrogens is 869 g/mol. The third-order valence-electron chi connectivity index (χ3n) is 13.7. The summed E-state index contributed by atoms with van der Waals surface area (Å²) < 4.78 is 0. The Labute approximate surface area is 421 Å². The van der Waals surface area contributed by atoms with Gasteiger partial charge in [-0.2, -0.15) is 0 Å². The van der Waals surface area contributed by atoms with Crippen LogP contribution in [-0.2, 0) is 0 Å². The smallest absolute Gasteiger partial charge is 0.0468 e. The molecule has 0 spiro atoms. The van der Waals surface area contributed by atoms with Gasteiger partial charge in [-0.05, 0) is 149 Å². The first-order valence-corrected chi connectivity index (χ1v) is 24.7. The number of fused-ring (bicyclic) bond motifs is 4. The summed E-state index contributed by atoms with van der Waals surface area (Å²) in [5.74, 6) is 0. The number of hydrogen-bond donors (Lipinski definition) is 0. The summed E-state index contributed by atoms with van der Waals surface area (Å²) in [5, 5.41) is 9.65. The normalized spacial score (nSPS) is 11.1. The molecule has 0 bridgehead atoms. The first-order valence-electron chi connectivity index (χ1n) is 24.7. The Hall–Kier alpha value is -9.50. The summed E-state index contributed by atoms with van der Waals surface area (Å²) in [4.78, 5) is 4.77. The van der Waals surface area contributed by atoms with Crippen molar-refractivity contribution in [3.8, 4) is 33.4 Å². The van der Waals surface area contributed by atoms with Crippen LogP contribution < -0.4 is 9.80 Å². The summed E-state index contributed by atoms with van der Waals surface area (Å²) in [6.07, 6.45) is 0. The molecule has 0 aromatic heterocycles. The molecule has 0 N–H and O–H groups in total. The van der Waals surface area contributed by atoms with E-state index in [0.29, 0.717) is 0 Å². The molecule has 13 rings (SSSR count). The number of nitrogens with zero attached hydrogens (tertiary/aromatic N) is 2. The molecule has 0 aliphatic carbocycles. The van der Waals surface area contributed by atoms with Crippen LogP contribution in [-0.4, -0.2) is 0 Å². The molecule has 13 aromatic carbocycles. The van der Waals surface area contributed by atoms with Crippen molar-refractivity contribution in [1.29, 1.82) is 0 Å². The number of rotatable bonds is 9. The minimum absolute atomic E-state index is 1.09. The van der Waals surface area contributed by atoms with Crippen LogP contribution in [0.25, 0.3) is 76.5 Å². The SMILES string of the molecule is c1ccc(-c2ccc(N(c3ccccc3)c3ccc4c(-c5cccc6ccccc56)c5cc(N(c6ccccc6)c6ccccc6)ccc5c(-c5cccc6ccccc56)c4c3)cc2)cc1.c1ccccc1. The summed E-state index contributed by atoms with van der Waals surface area (Å²) in [5.41, 5.74) is 13.8. The predicted molar refractivity (Wildman–Crippen MR) is 309 cm³/mol. The van der Waals surface area contributed by atoms with Crippen LogP contribution in [0, 0.1) is 0 Å². The lowest BCUT2D eigenvalue weighted by Crippen LogP contribution is -2.10. The first kappa shape index (κ1) is 43.8. The Bertz CT molecular complexity index is 3870. The molecule has 2 nitrogen and oxygen atoms in total. The van der Waals surface area contributed by atoms with E-state index >= 15 is 0 Å². The van der Waals surface area contributed by atoms with E-state index in [9.17, 15) is 0 Å². The fourth-order valence-corrected chi connectivity index (χ4v) is 10.4. The molecule has 13 aromatic rings. The summed E-state index contributed by atoms with van der Waals surface area (Å²) in [6.45, 7) is 0. The lowest BCUT2D eigenvalue weighted by Gasteiger charge is -2.28. The Balaban J connectivity index is 0.000000825. The third-order valence-corrected chi connectivity index (χ3v) is 13.7. The van der Waals surface area contributed by atoms with Crippen LogP contribution in [0.4, 0.5) is 34.1 Å². The quantitative estimate of drug-likeness (QED) is 0.133. The highest BCUT2D eigenvalue weighted by Gasteiger charge is 2.23. The van der Waals surface area contributed by atoms with Crippen LogP contribution in [0.5, 0.6) is 0 Å². The van der Waals surface area contributed by atoms with Crippen LogP contribution in [0.3, 0.4) is 0 Å². The molecule has 2 heteroatoms. The Morgan fingerprint density at radius 1 is 0.181 bits per heavy atom. The van der Waals surface area contributed by atoms with E-state index < -0.39 is 0 Å². The van der Waals surface area contributed by atoms with Gasteiger partial charge < -0.3 is 9.80 Å². The molecule has 340 valence electrons. The summed E-state index contributed by atoms with van der Waals surface area (Å²) >= 11 is 0. The lowest BCUT2D eigenvalue weighted by molar-refractivity contribution is 1.29. The molecule has 72 heavy (non-hydrogen) atoms. The lowest BCUT2D eigenvalue weighted by atomic mass is 9.83. The second-order valence-electron chi connectivity index (χ2n) is 18.0. The van der Waals surface area contributed by atoms with Gasteiger partial charge in [0.1, 0.15) is 0 Å². The van der Waals surface area contributed by atoms with Crippen LogP contribution >= 0.6 is 0 Å². The molecule has 0 aliphatic heterocycles. The standard InChI is InChI=1S/C64H44N2.C6H6/c1-5-19-45(20-6-1)46-35-37-52(38-36-46)66(51-29-11-4-12-30-51)54-40-42-60-62(44-54)64(58-34-18-24-48-22-14-16-32-56(48)58)59-41-39-53(65(49-25-7-2-8-26-49)50-27-9-3-10-28-50)43-61(59)63(60)57-33-17-23-47-21-13-15-31-55(47)57;1-2-4-6-5-3-1/h1-44H;1-6H. The van der Waals surface area contributed by atoms with Gasteiger partial charge in [-0.3, -0.25) is 0 Å². The Morgan fingerprint density at radius 3 is 0.903 bits per heavy atom. The van der Waals surface area contributed by atoms with Crippen LogP contribution in [0.15, 0.2) is 303 Å². The van der Waals surface area contributed by atoms with Crippen molar-refractivity contribution in [2.75, 3.05) is 9.80 Å². The first-order chi connectivity index (χ1) is 35.8. The monoisotopic (exact) mass is 918 g/mol. The van der Waals surface area contributed by atoms with Gasteiger partial charge in [-0.15, -0.1) is 0 Å². The predicted octanol–water partition coefficient (Wildman–Crippen LogP) is 19.9. The van der Waals surface area contributed by atoms with Gasteiger partial charge in [0, 0.05) is 34.1 Å².